The van der Waals surface area contributed by atoms with Crippen LogP contribution in [-0.4, -0.2) is 34.8 Å². The average molecular weight is 323 g/mol. The number of benzene rings is 1. The highest BCUT2D eigenvalue weighted by Gasteiger charge is 2.28. The number of hydrogen-bond acceptors (Lipinski definition) is 3. The van der Waals surface area contributed by atoms with Gasteiger partial charge in [0.25, 0.3) is 5.91 Å². The van der Waals surface area contributed by atoms with Crippen LogP contribution in [-0.2, 0) is 4.79 Å². The third-order valence-electron chi connectivity index (χ3n) is 4.27. The zero-order chi connectivity index (χ0) is 16.8. The number of piperidine rings is 1. The molecule has 5 nitrogen and oxygen atoms in total. The summed E-state index contributed by atoms with van der Waals surface area (Å²) in [7, 11) is 0. The Labute approximate surface area is 141 Å². The molecule has 0 spiro atoms. The molecule has 1 N–H and O–H groups in total. The molecule has 1 aromatic heterocycles. The van der Waals surface area contributed by atoms with Crippen molar-refractivity contribution in [1.29, 1.82) is 0 Å². The van der Waals surface area contributed by atoms with E-state index in [9.17, 15) is 9.59 Å². The number of amides is 2. The number of nitrogens with zero attached hydrogens (tertiary/aromatic N) is 2. The summed E-state index contributed by atoms with van der Waals surface area (Å²) in [4.78, 5) is 31.2. The van der Waals surface area contributed by atoms with Crippen LogP contribution in [0.2, 0.25) is 0 Å². The maximum Gasteiger partial charge on any atom is 0.252 e. The van der Waals surface area contributed by atoms with E-state index in [4.69, 9.17) is 0 Å². The lowest BCUT2D eigenvalue weighted by Gasteiger charge is -2.31. The van der Waals surface area contributed by atoms with E-state index in [0.717, 1.165) is 37.9 Å². The van der Waals surface area contributed by atoms with Gasteiger partial charge in [0, 0.05) is 31.0 Å². The van der Waals surface area contributed by atoms with Gasteiger partial charge in [0.2, 0.25) is 5.91 Å². The summed E-state index contributed by atoms with van der Waals surface area (Å²) >= 11 is 0. The molecule has 1 fully saturated rings. The first-order chi connectivity index (χ1) is 11.8. The van der Waals surface area contributed by atoms with Crippen molar-refractivity contribution >= 4 is 11.8 Å². The van der Waals surface area contributed by atoms with E-state index in [-0.39, 0.29) is 11.8 Å². The lowest BCUT2D eigenvalue weighted by Crippen LogP contribution is -2.45. The first-order valence-electron chi connectivity index (χ1n) is 8.30. The third kappa shape index (κ3) is 3.79. The van der Waals surface area contributed by atoms with Gasteiger partial charge in [-0.1, -0.05) is 30.3 Å². The molecule has 1 saturated heterocycles. The minimum atomic E-state index is -0.662. The Kier molecular flexibility index (Phi) is 5.21. The number of carbonyl (C=O) groups excluding carboxylic acids is 2. The van der Waals surface area contributed by atoms with Crippen molar-refractivity contribution in [1.82, 2.24) is 15.2 Å². The van der Waals surface area contributed by atoms with Crippen molar-refractivity contribution in [2.45, 2.75) is 25.3 Å². The number of rotatable bonds is 4. The van der Waals surface area contributed by atoms with Crippen LogP contribution < -0.4 is 5.32 Å². The summed E-state index contributed by atoms with van der Waals surface area (Å²) in [6.45, 7) is 1.51. The number of likely N-dealkylation sites (tertiary alicyclic amines) is 1. The van der Waals surface area contributed by atoms with Gasteiger partial charge in [0.1, 0.15) is 6.04 Å². The summed E-state index contributed by atoms with van der Waals surface area (Å²) in [5, 5.41) is 2.89. The molecule has 0 aliphatic carbocycles. The van der Waals surface area contributed by atoms with Crippen LogP contribution in [0.1, 0.15) is 41.2 Å². The SMILES string of the molecule is O=C(N[C@H](C(=O)N1CCCCC1)c1ccccc1)c1ccncc1. The van der Waals surface area contributed by atoms with E-state index in [1.54, 1.807) is 24.5 Å². The third-order valence-corrected chi connectivity index (χ3v) is 4.27. The highest BCUT2D eigenvalue weighted by molar-refractivity contribution is 5.97. The van der Waals surface area contributed by atoms with Gasteiger partial charge in [-0.05, 0) is 37.0 Å². The first-order valence-corrected chi connectivity index (χ1v) is 8.30. The number of hydrogen-bond donors (Lipinski definition) is 1. The van der Waals surface area contributed by atoms with Gasteiger partial charge < -0.3 is 10.2 Å². The molecule has 1 atom stereocenters. The molecule has 124 valence electrons. The molecule has 2 amide bonds. The fourth-order valence-electron chi connectivity index (χ4n) is 2.95. The maximum atomic E-state index is 13.0. The van der Waals surface area contributed by atoms with E-state index in [0.29, 0.717) is 5.56 Å². The summed E-state index contributed by atoms with van der Waals surface area (Å²) in [5.74, 6) is -0.306. The fraction of sp³-hybridized carbons (Fsp3) is 0.316. The molecule has 2 heterocycles. The molecule has 5 heteroatoms. The van der Waals surface area contributed by atoms with E-state index >= 15 is 0 Å². The van der Waals surface area contributed by atoms with Crippen molar-refractivity contribution < 1.29 is 9.59 Å². The highest BCUT2D eigenvalue weighted by atomic mass is 16.2. The molecule has 1 aliphatic heterocycles. The molecule has 0 radical (unpaired) electrons. The van der Waals surface area contributed by atoms with Crippen molar-refractivity contribution in [2.75, 3.05) is 13.1 Å². The molecule has 2 aromatic rings. The summed E-state index contributed by atoms with van der Waals surface area (Å²) in [6.07, 6.45) is 6.33. The molecule has 0 saturated carbocycles. The average Bonchev–Trinajstić information content (AvgIpc) is 2.67. The fourth-order valence-corrected chi connectivity index (χ4v) is 2.95. The maximum absolute atomic E-state index is 13.0. The Morgan fingerprint density at radius 1 is 0.958 bits per heavy atom. The Morgan fingerprint density at radius 2 is 1.62 bits per heavy atom. The van der Waals surface area contributed by atoms with E-state index in [1.165, 1.54) is 0 Å². The van der Waals surface area contributed by atoms with Crippen LogP contribution in [0.3, 0.4) is 0 Å². The van der Waals surface area contributed by atoms with Crippen LogP contribution in [0, 0.1) is 0 Å². The molecule has 24 heavy (non-hydrogen) atoms. The zero-order valence-electron chi connectivity index (χ0n) is 13.5. The normalized spacial score (nSPS) is 15.6. The Bertz CT molecular complexity index is 682. The van der Waals surface area contributed by atoms with Crippen LogP contribution in [0.25, 0.3) is 0 Å². The summed E-state index contributed by atoms with van der Waals surface area (Å²) in [5.41, 5.74) is 1.30. The number of nitrogens with one attached hydrogen (secondary N) is 1. The number of carbonyl (C=O) groups is 2. The van der Waals surface area contributed by atoms with Gasteiger partial charge in [0.15, 0.2) is 0 Å². The van der Waals surface area contributed by atoms with Gasteiger partial charge in [-0.25, -0.2) is 0 Å². The van der Waals surface area contributed by atoms with Crippen molar-refractivity contribution in [3.8, 4) is 0 Å². The lowest BCUT2D eigenvalue weighted by molar-refractivity contribution is -0.134. The Morgan fingerprint density at radius 3 is 2.29 bits per heavy atom. The second-order valence-corrected chi connectivity index (χ2v) is 5.94. The van der Waals surface area contributed by atoms with Gasteiger partial charge in [-0.15, -0.1) is 0 Å². The van der Waals surface area contributed by atoms with Crippen LogP contribution in [0.4, 0.5) is 0 Å². The molecule has 0 bridgehead atoms. The molecule has 3 rings (SSSR count). The minimum Gasteiger partial charge on any atom is -0.341 e. The standard InChI is InChI=1S/C19H21N3O2/c23-18(16-9-11-20-12-10-16)21-17(15-7-3-1-4-8-15)19(24)22-13-5-2-6-14-22/h1,3-4,7-12,17H,2,5-6,13-14H2,(H,21,23)/t17-/m0/s1. The van der Waals surface area contributed by atoms with Crippen LogP contribution in [0.5, 0.6) is 0 Å². The van der Waals surface area contributed by atoms with Gasteiger partial charge >= 0.3 is 0 Å². The second-order valence-electron chi connectivity index (χ2n) is 5.94. The number of aromatic nitrogens is 1. The zero-order valence-corrected chi connectivity index (χ0v) is 13.5. The summed E-state index contributed by atoms with van der Waals surface area (Å²) in [6, 6.07) is 12.0. The molecule has 0 unspecified atom stereocenters. The van der Waals surface area contributed by atoms with Crippen molar-refractivity contribution in [3.05, 3.63) is 66.0 Å². The molecular formula is C19H21N3O2. The van der Waals surface area contributed by atoms with Crippen molar-refractivity contribution in [2.24, 2.45) is 0 Å². The topological polar surface area (TPSA) is 62.3 Å². The second kappa shape index (κ2) is 7.73. The monoisotopic (exact) mass is 323 g/mol. The van der Waals surface area contributed by atoms with E-state index in [2.05, 4.69) is 10.3 Å². The van der Waals surface area contributed by atoms with E-state index < -0.39 is 6.04 Å². The Balaban J connectivity index is 1.82. The Hall–Kier alpha value is -2.69. The summed E-state index contributed by atoms with van der Waals surface area (Å²) < 4.78 is 0. The minimum absolute atomic E-state index is 0.0386. The van der Waals surface area contributed by atoms with Crippen LogP contribution >= 0.6 is 0 Å². The van der Waals surface area contributed by atoms with Gasteiger partial charge in [-0.3, -0.25) is 14.6 Å². The molecule has 1 aliphatic rings. The van der Waals surface area contributed by atoms with Crippen LogP contribution in [0.15, 0.2) is 54.9 Å². The largest absolute Gasteiger partial charge is 0.341 e. The molecular weight excluding hydrogens is 302 g/mol. The van der Waals surface area contributed by atoms with E-state index in [1.807, 2.05) is 35.2 Å². The lowest BCUT2D eigenvalue weighted by atomic mass is 10.0. The predicted octanol–water partition coefficient (Wildman–Crippen LogP) is 2.57. The highest BCUT2D eigenvalue weighted by Crippen LogP contribution is 2.19. The van der Waals surface area contributed by atoms with Gasteiger partial charge in [0.05, 0.1) is 0 Å². The smallest absolute Gasteiger partial charge is 0.252 e. The van der Waals surface area contributed by atoms with Gasteiger partial charge in [-0.2, -0.15) is 0 Å². The van der Waals surface area contributed by atoms with Crippen molar-refractivity contribution in [3.63, 3.8) is 0 Å². The molecule has 1 aromatic carbocycles. The quantitative estimate of drug-likeness (QED) is 0.940. The number of pyridine rings is 1. The predicted molar refractivity (Wildman–Crippen MR) is 91.3 cm³/mol. The first kappa shape index (κ1) is 16.2.